The highest BCUT2D eigenvalue weighted by molar-refractivity contribution is 9.10. The van der Waals surface area contributed by atoms with Crippen molar-refractivity contribution in [1.82, 2.24) is 9.97 Å². The average molecular weight is 957 g/mol. The van der Waals surface area contributed by atoms with Crippen LogP contribution in [0.5, 0.6) is 23.0 Å². The number of aromatic nitrogens is 2. The first-order valence-electron chi connectivity index (χ1n) is 17.3. The zero-order valence-corrected chi connectivity index (χ0v) is 36.7. The van der Waals surface area contributed by atoms with Crippen LogP contribution in [-0.4, -0.2) is 50.4 Å². The van der Waals surface area contributed by atoms with E-state index in [0.29, 0.717) is 22.6 Å². The van der Waals surface area contributed by atoms with Crippen LogP contribution in [0.4, 0.5) is 0 Å². The maximum atomic E-state index is 11.0. The number of phenols is 2. The van der Waals surface area contributed by atoms with Crippen molar-refractivity contribution in [3.63, 3.8) is 0 Å². The SMILES string of the molecule is CC(=O)Oc1ccc(B2OC(C)(C)C(C)(C)O2)cc1C#N.CC(=O)Oc1ccc(Br)cc1C#N.N#Cc1cc(-c2ccnc(Cl)n2)ccc1O.N#Cc1cc(Br)ccc1O. The van der Waals surface area contributed by atoms with Gasteiger partial charge in [0.25, 0.3) is 0 Å². The van der Waals surface area contributed by atoms with Crippen LogP contribution in [0.3, 0.4) is 0 Å². The Kier molecular flexibility index (Phi) is 17.3. The van der Waals surface area contributed by atoms with Gasteiger partial charge in [0.2, 0.25) is 5.28 Å². The molecule has 0 aliphatic carbocycles. The molecule has 1 aliphatic heterocycles. The molecule has 1 fully saturated rings. The second-order valence-electron chi connectivity index (χ2n) is 13.2. The highest BCUT2D eigenvalue weighted by Gasteiger charge is 2.51. The number of rotatable bonds is 4. The topological polar surface area (TPSA) is 232 Å². The molecule has 0 atom stereocenters. The number of aromatic hydroxyl groups is 2. The lowest BCUT2D eigenvalue weighted by atomic mass is 9.78. The van der Waals surface area contributed by atoms with Crippen molar-refractivity contribution in [1.29, 1.82) is 21.0 Å². The average Bonchev–Trinajstić information content (AvgIpc) is 3.42. The third-order valence-electron chi connectivity index (χ3n) is 8.34. The molecule has 304 valence electrons. The zero-order chi connectivity index (χ0) is 44.8. The van der Waals surface area contributed by atoms with Gasteiger partial charge in [-0.05, 0) is 118 Å². The maximum absolute atomic E-state index is 11.0. The molecule has 1 aromatic heterocycles. The lowest BCUT2D eigenvalue weighted by Gasteiger charge is -2.32. The molecule has 0 unspecified atom stereocenters. The molecular formula is C42H34BBr2ClN6O8. The first kappa shape index (κ1) is 48.1. The number of carbonyl (C=O) groups excluding carboxylic acids is 2. The van der Waals surface area contributed by atoms with Crippen molar-refractivity contribution in [2.75, 3.05) is 0 Å². The Labute approximate surface area is 368 Å². The third kappa shape index (κ3) is 13.6. The van der Waals surface area contributed by atoms with E-state index in [1.165, 1.54) is 32.2 Å². The van der Waals surface area contributed by atoms with E-state index in [2.05, 4.69) is 41.8 Å². The van der Waals surface area contributed by atoms with Crippen LogP contribution >= 0.6 is 43.5 Å². The number of nitriles is 4. The molecule has 0 amide bonds. The number of hydrogen-bond acceptors (Lipinski definition) is 14. The molecule has 5 aromatic rings. The molecule has 18 heteroatoms. The Hall–Kier alpha value is -6.31. The summed E-state index contributed by atoms with van der Waals surface area (Å²) in [6.45, 7) is 10.4. The quantitative estimate of drug-likeness (QED) is 0.0745. The van der Waals surface area contributed by atoms with Crippen LogP contribution in [0.15, 0.2) is 94.0 Å². The smallest absolute Gasteiger partial charge is 0.494 e. The van der Waals surface area contributed by atoms with E-state index in [-0.39, 0.29) is 39.2 Å². The fraction of sp³-hybridized carbons (Fsp3) is 0.190. The number of esters is 2. The van der Waals surface area contributed by atoms with Crippen LogP contribution < -0.4 is 14.9 Å². The van der Waals surface area contributed by atoms with Gasteiger partial charge in [0.05, 0.1) is 39.1 Å². The first-order chi connectivity index (χ1) is 28.2. The Balaban J connectivity index is 0.000000221. The van der Waals surface area contributed by atoms with Crippen molar-refractivity contribution >= 4 is 68.0 Å². The van der Waals surface area contributed by atoms with E-state index in [1.54, 1.807) is 66.7 Å². The molecule has 4 aromatic carbocycles. The van der Waals surface area contributed by atoms with Crippen LogP contribution in [0.25, 0.3) is 11.3 Å². The Morgan fingerprint density at radius 2 is 1.13 bits per heavy atom. The van der Waals surface area contributed by atoms with Crippen LogP contribution in [-0.2, 0) is 18.9 Å². The molecule has 0 bridgehead atoms. The summed E-state index contributed by atoms with van der Waals surface area (Å²) < 4.78 is 23.2. The molecule has 2 N–H and O–H groups in total. The maximum Gasteiger partial charge on any atom is 0.494 e. The number of benzene rings is 4. The monoisotopic (exact) mass is 954 g/mol. The Bertz CT molecular complexity index is 2550. The Morgan fingerprint density at radius 3 is 1.62 bits per heavy atom. The summed E-state index contributed by atoms with van der Waals surface area (Å²) in [5, 5.41) is 53.6. The molecule has 1 saturated heterocycles. The van der Waals surface area contributed by atoms with Crippen molar-refractivity contribution in [3.8, 4) is 58.5 Å². The second-order valence-corrected chi connectivity index (χ2v) is 15.4. The fourth-order valence-corrected chi connectivity index (χ4v) is 5.59. The minimum Gasteiger partial charge on any atom is -0.507 e. The molecule has 0 spiro atoms. The van der Waals surface area contributed by atoms with Crippen molar-refractivity contribution in [2.45, 2.75) is 52.7 Å². The molecule has 14 nitrogen and oxygen atoms in total. The number of hydrogen-bond donors (Lipinski definition) is 2. The predicted octanol–water partition coefficient (Wildman–Crippen LogP) is 8.43. The molecule has 1 aliphatic rings. The lowest BCUT2D eigenvalue weighted by molar-refractivity contribution is -0.132. The van der Waals surface area contributed by atoms with E-state index in [0.717, 1.165) is 14.4 Å². The number of nitrogens with zero attached hydrogens (tertiary/aromatic N) is 6. The third-order valence-corrected chi connectivity index (χ3v) is 9.51. The summed E-state index contributed by atoms with van der Waals surface area (Å²) >= 11 is 12.0. The van der Waals surface area contributed by atoms with E-state index in [9.17, 15) is 20.0 Å². The summed E-state index contributed by atoms with van der Waals surface area (Å²) in [6, 6.07) is 28.6. The van der Waals surface area contributed by atoms with Crippen molar-refractivity contribution in [3.05, 3.63) is 122 Å². The summed E-state index contributed by atoms with van der Waals surface area (Å²) in [6.07, 6.45) is 1.53. The van der Waals surface area contributed by atoms with Gasteiger partial charge >= 0.3 is 19.1 Å². The van der Waals surface area contributed by atoms with Gasteiger partial charge in [0, 0.05) is 34.6 Å². The molecule has 0 radical (unpaired) electrons. The first-order valence-corrected chi connectivity index (χ1v) is 19.3. The van der Waals surface area contributed by atoms with Gasteiger partial charge in [0.15, 0.2) is 0 Å². The summed E-state index contributed by atoms with van der Waals surface area (Å²) in [7, 11) is -0.548. The van der Waals surface area contributed by atoms with Crippen molar-refractivity contribution < 1.29 is 38.6 Å². The molecule has 2 heterocycles. The van der Waals surface area contributed by atoms with Crippen LogP contribution in [0.2, 0.25) is 5.28 Å². The van der Waals surface area contributed by atoms with Crippen molar-refractivity contribution in [2.24, 2.45) is 0 Å². The summed E-state index contributed by atoms with van der Waals surface area (Å²) in [5.74, 6) is -0.394. The number of carbonyl (C=O) groups is 2. The highest BCUT2D eigenvalue weighted by Crippen LogP contribution is 2.37. The lowest BCUT2D eigenvalue weighted by Crippen LogP contribution is -2.41. The van der Waals surface area contributed by atoms with E-state index in [4.69, 9.17) is 51.3 Å². The Morgan fingerprint density at radius 1 is 0.683 bits per heavy atom. The fourth-order valence-electron chi connectivity index (χ4n) is 4.72. The minimum atomic E-state index is -0.548. The van der Waals surface area contributed by atoms with Gasteiger partial charge in [-0.2, -0.15) is 21.0 Å². The highest BCUT2D eigenvalue weighted by atomic mass is 79.9. The number of ether oxygens (including phenoxy) is 2. The molecule has 60 heavy (non-hydrogen) atoms. The van der Waals surface area contributed by atoms with E-state index < -0.39 is 30.3 Å². The summed E-state index contributed by atoms with van der Waals surface area (Å²) in [4.78, 5) is 29.4. The zero-order valence-electron chi connectivity index (χ0n) is 32.8. The van der Waals surface area contributed by atoms with Crippen LogP contribution in [0.1, 0.15) is 63.8 Å². The largest absolute Gasteiger partial charge is 0.507 e. The van der Waals surface area contributed by atoms with E-state index >= 15 is 0 Å². The minimum absolute atomic E-state index is 0.0192. The second kappa shape index (κ2) is 21.6. The number of halogens is 3. The van der Waals surface area contributed by atoms with Crippen LogP contribution in [0, 0.1) is 45.3 Å². The van der Waals surface area contributed by atoms with Gasteiger partial charge in [-0.25, -0.2) is 9.97 Å². The van der Waals surface area contributed by atoms with Gasteiger partial charge in [-0.15, -0.1) is 0 Å². The summed E-state index contributed by atoms with van der Waals surface area (Å²) in [5.41, 5.74) is 2.25. The van der Waals surface area contributed by atoms with E-state index in [1.807, 2.05) is 52.0 Å². The normalized spacial score (nSPS) is 12.7. The predicted molar refractivity (Wildman–Crippen MR) is 228 cm³/mol. The molecule has 6 rings (SSSR count). The molecular weight excluding hydrogens is 923 g/mol. The van der Waals surface area contributed by atoms with Gasteiger partial charge < -0.3 is 29.0 Å². The molecule has 0 saturated carbocycles. The standard InChI is InChI=1S/C15H18BNO4.C11H6ClN3O.C9H6BrNO2.C7H4BrNO/c1-10(18)19-13-7-6-12(8-11(13)9-17)16-20-14(2,3)15(4,5)21-16;12-11-14-4-3-9(15-11)7-1-2-10(16)8(5-7)6-13;1-6(12)13-9-3-2-8(10)4-7(9)5-11;8-6-1-2-7(10)5(3-6)4-9/h6-8H,1-5H3;1-5,16H;2-4H,1H3;1-3,10H. The van der Waals surface area contributed by atoms with Gasteiger partial charge in [-0.1, -0.05) is 37.9 Å². The van der Waals surface area contributed by atoms with Gasteiger partial charge in [0.1, 0.15) is 47.3 Å². The van der Waals surface area contributed by atoms with Gasteiger partial charge in [-0.3, -0.25) is 9.59 Å². The number of phenolic OH excluding ortho intramolecular Hbond substituents is 2.